The highest BCUT2D eigenvalue weighted by Gasteiger charge is 2.33. The summed E-state index contributed by atoms with van der Waals surface area (Å²) in [5, 5.41) is 2.87. The largest absolute Gasteiger partial charge is 0.406 e. The third-order valence-corrected chi connectivity index (χ3v) is 2.90. The summed E-state index contributed by atoms with van der Waals surface area (Å²) in [5.74, 6) is -0.420. The van der Waals surface area contributed by atoms with E-state index in [0.717, 1.165) is 4.90 Å². The van der Waals surface area contributed by atoms with Crippen molar-refractivity contribution in [1.29, 1.82) is 0 Å². The molecule has 1 N–H and O–H groups in total. The average Bonchev–Trinajstić information content (AvgIpc) is 2.36. The molecule has 0 spiro atoms. The minimum absolute atomic E-state index is 0.0313. The van der Waals surface area contributed by atoms with Crippen molar-refractivity contribution in [2.24, 2.45) is 0 Å². The van der Waals surface area contributed by atoms with Crippen LogP contribution in [0.2, 0.25) is 0 Å². The van der Waals surface area contributed by atoms with Crippen LogP contribution in [0.5, 0.6) is 0 Å². The van der Waals surface area contributed by atoms with E-state index >= 15 is 0 Å². The van der Waals surface area contributed by atoms with Crippen LogP contribution in [0.4, 0.5) is 19.0 Å². The van der Waals surface area contributed by atoms with Crippen molar-refractivity contribution in [3.8, 4) is 0 Å². The molecule has 1 rings (SSSR count). The molecule has 0 aromatic carbocycles. The fourth-order valence-electron chi connectivity index (χ4n) is 1.62. The first-order chi connectivity index (χ1) is 9.28. The summed E-state index contributed by atoms with van der Waals surface area (Å²) >= 11 is 3.16. The molecule has 0 saturated carbocycles. The standard InChI is InChI=1S/C12H15BrF3N3O/c1-3-17-10-9(5-8(13)6-18-10)11(20)19(4-2)7-12(14,15)16/h5-6H,3-4,7H2,1-2H3,(H,17,18). The molecule has 0 bridgehead atoms. The van der Waals surface area contributed by atoms with Crippen molar-refractivity contribution >= 4 is 27.7 Å². The van der Waals surface area contributed by atoms with E-state index in [2.05, 4.69) is 26.2 Å². The van der Waals surface area contributed by atoms with Crippen molar-refractivity contribution in [1.82, 2.24) is 9.88 Å². The lowest BCUT2D eigenvalue weighted by Gasteiger charge is -2.23. The van der Waals surface area contributed by atoms with Crippen LogP contribution < -0.4 is 5.32 Å². The number of rotatable bonds is 5. The predicted octanol–water partition coefficient (Wildman–Crippen LogP) is 3.30. The molecule has 0 unspecified atom stereocenters. The summed E-state index contributed by atoms with van der Waals surface area (Å²) in [6, 6.07) is 1.46. The summed E-state index contributed by atoms with van der Waals surface area (Å²) in [7, 11) is 0. The molecular formula is C12H15BrF3N3O. The van der Waals surface area contributed by atoms with Crippen molar-refractivity contribution in [3.63, 3.8) is 0 Å². The van der Waals surface area contributed by atoms with Crippen LogP contribution in [0.25, 0.3) is 0 Å². The van der Waals surface area contributed by atoms with Gasteiger partial charge in [-0.05, 0) is 35.8 Å². The van der Waals surface area contributed by atoms with Crippen molar-refractivity contribution in [2.75, 3.05) is 25.0 Å². The maximum atomic E-state index is 12.5. The lowest BCUT2D eigenvalue weighted by molar-refractivity contribution is -0.140. The number of carbonyl (C=O) groups excluding carboxylic acids is 1. The highest BCUT2D eigenvalue weighted by molar-refractivity contribution is 9.10. The number of nitrogens with zero attached hydrogens (tertiary/aromatic N) is 2. The van der Waals surface area contributed by atoms with Gasteiger partial charge < -0.3 is 10.2 Å². The first-order valence-electron chi connectivity index (χ1n) is 6.04. The maximum absolute atomic E-state index is 12.5. The fraction of sp³-hybridized carbons (Fsp3) is 0.500. The molecule has 1 amide bonds. The predicted molar refractivity (Wildman–Crippen MR) is 73.7 cm³/mol. The number of alkyl halides is 3. The smallest absolute Gasteiger partial charge is 0.370 e. The third-order valence-electron chi connectivity index (χ3n) is 2.47. The van der Waals surface area contributed by atoms with E-state index in [1.165, 1.54) is 19.2 Å². The molecule has 0 aliphatic rings. The van der Waals surface area contributed by atoms with E-state index in [9.17, 15) is 18.0 Å². The number of aromatic nitrogens is 1. The van der Waals surface area contributed by atoms with Crippen molar-refractivity contribution in [3.05, 3.63) is 22.3 Å². The van der Waals surface area contributed by atoms with E-state index in [1.807, 2.05) is 6.92 Å². The van der Waals surface area contributed by atoms with Gasteiger partial charge in [-0.3, -0.25) is 4.79 Å². The Balaban J connectivity index is 3.08. The number of hydrogen-bond acceptors (Lipinski definition) is 3. The first-order valence-corrected chi connectivity index (χ1v) is 6.83. The Morgan fingerprint density at radius 1 is 1.45 bits per heavy atom. The quantitative estimate of drug-likeness (QED) is 0.883. The summed E-state index contributed by atoms with van der Waals surface area (Å²) in [4.78, 5) is 17.0. The number of nitrogens with one attached hydrogen (secondary N) is 1. The van der Waals surface area contributed by atoms with Gasteiger partial charge in [-0.2, -0.15) is 13.2 Å². The lowest BCUT2D eigenvalue weighted by Crippen LogP contribution is -2.39. The third kappa shape index (κ3) is 4.66. The van der Waals surface area contributed by atoms with Crippen LogP contribution in [0.1, 0.15) is 24.2 Å². The van der Waals surface area contributed by atoms with E-state index in [-0.39, 0.29) is 17.9 Å². The number of carbonyl (C=O) groups is 1. The van der Waals surface area contributed by atoms with Crippen LogP contribution >= 0.6 is 15.9 Å². The average molecular weight is 354 g/mol. The molecule has 20 heavy (non-hydrogen) atoms. The zero-order valence-electron chi connectivity index (χ0n) is 11.1. The number of hydrogen-bond donors (Lipinski definition) is 1. The zero-order valence-corrected chi connectivity index (χ0v) is 12.7. The van der Waals surface area contributed by atoms with Gasteiger partial charge in [-0.15, -0.1) is 0 Å². The summed E-state index contributed by atoms with van der Waals surface area (Å²) in [6.45, 7) is 2.52. The SMILES string of the molecule is CCNc1ncc(Br)cc1C(=O)N(CC)CC(F)(F)F. The fourth-order valence-corrected chi connectivity index (χ4v) is 1.96. The minimum atomic E-state index is -4.43. The first kappa shape index (κ1) is 16.7. The zero-order chi connectivity index (χ0) is 15.3. The normalized spacial score (nSPS) is 11.3. The highest BCUT2D eigenvalue weighted by Crippen LogP contribution is 2.22. The molecule has 0 atom stereocenters. The van der Waals surface area contributed by atoms with Gasteiger partial charge >= 0.3 is 6.18 Å². The minimum Gasteiger partial charge on any atom is -0.370 e. The Hall–Kier alpha value is -1.31. The second-order valence-corrected chi connectivity index (χ2v) is 4.93. The second kappa shape index (κ2) is 6.92. The summed E-state index contributed by atoms with van der Waals surface area (Å²) in [6.07, 6.45) is -2.95. The van der Waals surface area contributed by atoms with Crippen LogP contribution in [-0.4, -0.2) is 41.6 Å². The molecule has 112 valence electrons. The van der Waals surface area contributed by atoms with Crippen LogP contribution in [0, 0.1) is 0 Å². The number of pyridine rings is 1. The van der Waals surface area contributed by atoms with E-state index < -0.39 is 18.6 Å². The van der Waals surface area contributed by atoms with Gasteiger partial charge in [0.25, 0.3) is 5.91 Å². The lowest BCUT2D eigenvalue weighted by atomic mass is 10.2. The maximum Gasteiger partial charge on any atom is 0.406 e. The van der Waals surface area contributed by atoms with Crippen LogP contribution in [0.3, 0.4) is 0 Å². The van der Waals surface area contributed by atoms with E-state index in [0.29, 0.717) is 11.0 Å². The molecule has 1 aromatic rings. The van der Waals surface area contributed by atoms with Gasteiger partial charge in [0.2, 0.25) is 0 Å². The Morgan fingerprint density at radius 3 is 2.60 bits per heavy atom. The molecule has 0 saturated heterocycles. The van der Waals surface area contributed by atoms with Gasteiger partial charge in [0.1, 0.15) is 12.4 Å². The summed E-state index contributed by atoms with van der Waals surface area (Å²) in [5.41, 5.74) is 0.118. The van der Waals surface area contributed by atoms with Gasteiger partial charge in [0.15, 0.2) is 0 Å². The second-order valence-electron chi connectivity index (χ2n) is 4.01. The van der Waals surface area contributed by atoms with Crippen LogP contribution in [0.15, 0.2) is 16.7 Å². The van der Waals surface area contributed by atoms with Gasteiger partial charge in [-0.1, -0.05) is 0 Å². The Labute approximate surface area is 123 Å². The van der Waals surface area contributed by atoms with Crippen molar-refractivity contribution < 1.29 is 18.0 Å². The topological polar surface area (TPSA) is 45.2 Å². The molecule has 4 nitrogen and oxygen atoms in total. The van der Waals surface area contributed by atoms with E-state index in [1.54, 1.807) is 0 Å². The Morgan fingerprint density at radius 2 is 2.10 bits per heavy atom. The highest BCUT2D eigenvalue weighted by atomic mass is 79.9. The Kier molecular flexibility index (Phi) is 5.79. The van der Waals surface area contributed by atoms with Gasteiger partial charge in [0.05, 0.1) is 5.56 Å². The monoisotopic (exact) mass is 353 g/mol. The molecular weight excluding hydrogens is 339 g/mol. The molecule has 0 aliphatic carbocycles. The number of amides is 1. The van der Waals surface area contributed by atoms with Gasteiger partial charge in [-0.25, -0.2) is 4.98 Å². The van der Waals surface area contributed by atoms with E-state index in [4.69, 9.17) is 0 Å². The molecule has 1 aromatic heterocycles. The molecule has 1 heterocycles. The molecule has 0 radical (unpaired) electrons. The number of anilines is 1. The van der Waals surface area contributed by atoms with Crippen LogP contribution in [-0.2, 0) is 0 Å². The van der Waals surface area contributed by atoms with Gasteiger partial charge in [0, 0.05) is 23.8 Å². The Bertz CT molecular complexity index is 480. The summed E-state index contributed by atoms with van der Waals surface area (Å²) < 4.78 is 37.9. The van der Waals surface area contributed by atoms with Crippen molar-refractivity contribution in [2.45, 2.75) is 20.0 Å². The number of halogens is 4. The molecule has 8 heteroatoms. The molecule has 0 aliphatic heterocycles. The molecule has 0 fully saturated rings.